The molecule has 4 nitrogen and oxygen atoms in total. The summed E-state index contributed by atoms with van der Waals surface area (Å²) in [6, 6.07) is 1.44. The van der Waals surface area contributed by atoms with Crippen molar-refractivity contribution in [2.24, 2.45) is 5.73 Å². The molecule has 3 aliphatic heterocycles. The Balaban J connectivity index is 1.80. The fraction of sp³-hybridized carbons (Fsp3) is 0.818. The molecule has 0 aliphatic carbocycles. The van der Waals surface area contributed by atoms with Crippen LogP contribution in [-0.4, -0.2) is 43.2 Å². The van der Waals surface area contributed by atoms with Gasteiger partial charge in [-0.25, -0.2) is 8.42 Å². The molecule has 0 aromatic heterocycles. The van der Waals surface area contributed by atoms with Crippen molar-refractivity contribution in [2.45, 2.75) is 49.9 Å². The Kier molecular flexibility index (Phi) is 2.38. The summed E-state index contributed by atoms with van der Waals surface area (Å²) in [5.41, 5.74) is 6.01. The second-order valence-corrected chi connectivity index (χ2v) is 7.22. The van der Waals surface area contributed by atoms with E-state index in [1.807, 2.05) is 6.08 Å². The van der Waals surface area contributed by atoms with E-state index >= 15 is 0 Å². The lowest BCUT2D eigenvalue weighted by molar-refractivity contribution is 0.108. The largest absolute Gasteiger partial charge is 0.328 e. The van der Waals surface area contributed by atoms with E-state index in [0.717, 1.165) is 12.8 Å². The highest BCUT2D eigenvalue weighted by atomic mass is 32.2. The maximum atomic E-state index is 11.4. The van der Waals surface area contributed by atoms with Gasteiger partial charge in [-0.3, -0.25) is 4.90 Å². The lowest BCUT2D eigenvalue weighted by atomic mass is 9.96. The number of fused-ring (bicyclic) bond motifs is 2. The highest BCUT2D eigenvalue weighted by molar-refractivity contribution is 7.94. The molecule has 3 rings (SSSR count). The molecule has 0 radical (unpaired) electrons. The van der Waals surface area contributed by atoms with Crippen molar-refractivity contribution in [1.29, 1.82) is 0 Å². The molecule has 0 spiro atoms. The van der Waals surface area contributed by atoms with Gasteiger partial charge < -0.3 is 5.73 Å². The number of hydrogen-bond acceptors (Lipinski definition) is 4. The average molecular weight is 242 g/mol. The lowest BCUT2D eigenvalue weighted by Crippen LogP contribution is -2.52. The highest BCUT2D eigenvalue weighted by Crippen LogP contribution is 2.38. The normalized spacial score (nSPS) is 46.3. The zero-order valence-corrected chi connectivity index (χ0v) is 10.1. The third-order valence-corrected chi connectivity index (χ3v) is 5.50. The van der Waals surface area contributed by atoms with E-state index in [4.69, 9.17) is 5.73 Å². The Morgan fingerprint density at radius 2 is 1.81 bits per heavy atom. The highest BCUT2D eigenvalue weighted by Gasteiger charge is 2.44. The van der Waals surface area contributed by atoms with Crippen LogP contribution < -0.4 is 5.73 Å². The van der Waals surface area contributed by atoms with Crippen LogP contribution in [0, 0.1) is 0 Å². The van der Waals surface area contributed by atoms with Gasteiger partial charge in [-0.1, -0.05) is 6.08 Å². The maximum Gasteiger partial charge on any atom is 0.173 e. The SMILES string of the molecule is NC1CC2CCC(C1)N2C1C=CS(=O)(=O)C1. The van der Waals surface area contributed by atoms with Crippen LogP contribution in [0.5, 0.6) is 0 Å². The van der Waals surface area contributed by atoms with Gasteiger partial charge in [0.05, 0.1) is 5.75 Å². The molecule has 2 bridgehead atoms. The molecule has 16 heavy (non-hydrogen) atoms. The maximum absolute atomic E-state index is 11.4. The lowest BCUT2D eigenvalue weighted by Gasteiger charge is -2.40. The Labute approximate surface area is 96.4 Å². The third kappa shape index (κ3) is 1.71. The first-order valence-corrected chi connectivity index (χ1v) is 7.71. The van der Waals surface area contributed by atoms with E-state index in [2.05, 4.69) is 4.90 Å². The number of sulfone groups is 1. The average Bonchev–Trinajstić information content (AvgIpc) is 2.65. The van der Waals surface area contributed by atoms with Gasteiger partial charge in [0, 0.05) is 29.6 Å². The zero-order valence-electron chi connectivity index (χ0n) is 9.25. The summed E-state index contributed by atoms with van der Waals surface area (Å²) >= 11 is 0. The van der Waals surface area contributed by atoms with Gasteiger partial charge in [-0.15, -0.1) is 0 Å². The van der Waals surface area contributed by atoms with Crippen LogP contribution in [0.1, 0.15) is 25.7 Å². The smallest absolute Gasteiger partial charge is 0.173 e. The van der Waals surface area contributed by atoms with Gasteiger partial charge in [0.15, 0.2) is 9.84 Å². The number of hydrogen-bond donors (Lipinski definition) is 1. The molecular weight excluding hydrogens is 224 g/mol. The quantitative estimate of drug-likeness (QED) is 0.716. The van der Waals surface area contributed by atoms with Crippen LogP contribution in [0.2, 0.25) is 0 Å². The van der Waals surface area contributed by atoms with Crippen molar-refractivity contribution < 1.29 is 8.42 Å². The van der Waals surface area contributed by atoms with Crippen molar-refractivity contribution in [3.05, 3.63) is 11.5 Å². The Morgan fingerprint density at radius 1 is 1.19 bits per heavy atom. The number of piperidine rings is 1. The summed E-state index contributed by atoms with van der Waals surface area (Å²) in [5, 5.41) is 1.38. The molecule has 5 heteroatoms. The fourth-order valence-electron chi connectivity index (χ4n) is 3.54. The van der Waals surface area contributed by atoms with Crippen molar-refractivity contribution in [2.75, 3.05) is 5.75 Å². The fourth-order valence-corrected chi connectivity index (χ4v) is 4.83. The molecular formula is C11H18N2O2S. The summed E-state index contributed by atoms with van der Waals surface area (Å²) in [6.07, 6.45) is 6.28. The standard InChI is InChI=1S/C11H18N2O2S/c12-8-5-9-1-2-10(6-8)13(9)11-3-4-16(14,15)7-11/h3-4,8-11H,1-2,5-7,12H2. The van der Waals surface area contributed by atoms with E-state index in [1.165, 1.54) is 18.2 Å². The van der Waals surface area contributed by atoms with Crippen molar-refractivity contribution in [1.82, 2.24) is 4.90 Å². The molecule has 0 aromatic rings. The molecule has 3 heterocycles. The van der Waals surface area contributed by atoms with Crippen LogP contribution in [0.4, 0.5) is 0 Å². The molecule has 3 atom stereocenters. The van der Waals surface area contributed by atoms with E-state index in [-0.39, 0.29) is 11.8 Å². The molecule has 3 aliphatic rings. The molecule has 2 fully saturated rings. The van der Waals surface area contributed by atoms with Crippen LogP contribution >= 0.6 is 0 Å². The number of nitrogens with two attached hydrogens (primary N) is 1. The van der Waals surface area contributed by atoms with Gasteiger partial charge in [-0.2, -0.15) is 0 Å². The second-order valence-electron chi connectivity index (χ2n) is 5.29. The summed E-state index contributed by atoms with van der Waals surface area (Å²) in [4.78, 5) is 2.41. The third-order valence-electron chi connectivity index (χ3n) is 4.12. The molecule has 0 saturated carbocycles. The van der Waals surface area contributed by atoms with E-state index in [1.54, 1.807) is 0 Å². The van der Waals surface area contributed by atoms with E-state index in [0.29, 0.717) is 18.1 Å². The van der Waals surface area contributed by atoms with Gasteiger partial charge >= 0.3 is 0 Å². The summed E-state index contributed by atoms with van der Waals surface area (Å²) in [6.45, 7) is 0. The first-order chi connectivity index (χ1) is 7.55. The minimum atomic E-state index is -2.93. The molecule has 3 unspecified atom stereocenters. The van der Waals surface area contributed by atoms with Crippen LogP contribution in [0.15, 0.2) is 11.5 Å². The van der Waals surface area contributed by atoms with Gasteiger partial charge in [0.25, 0.3) is 0 Å². The first-order valence-electron chi connectivity index (χ1n) is 5.99. The molecule has 90 valence electrons. The number of nitrogens with zero attached hydrogens (tertiary/aromatic N) is 1. The molecule has 2 saturated heterocycles. The molecule has 0 aromatic carbocycles. The van der Waals surface area contributed by atoms with E-state index < -0.39 is 9.84 Å². The Hall–Kier alpha value is -0.390. The first kappa shape index (κ1) is 10.7. The summed E-state index contributed by atoms with van der Waals surface area (Å²) in [7, 11) is -2.93. The minimum Gasteiger partial charge on any atom is -0.328 e. The summed E-state index contributed by atoms with van der Waals surface area (Å²) < 4.78 is 22.9. The number of rotatable bonds is 1. The van der Waals surface area contributed by atoms with Gasteiger partial charge in [-0.05, 0) is 25.7 Å². The Bertz CT molecular complexity index is 404. The van der Waals surface area contributed by atoms with Crippen molar-refractivity contribution >= 4 is 9.84 Å². The predicted octanol–water partition coefficient (Wildman–Crippen LogP) is 0.251. The monoisotopic (exact) mass is 242 g/mol. The predicted molar refractivity (Wildman–Crippen MR) is 62.6 cm³/mol. The Morgan fingerprint density at radius 3 is 2.31 bits per heavy atom. The minimum absolute atomic E-state index is 0.106. The van der Waals surface area contributed by atoms with Gasteiger partial charge in [0.2, 0.25) is 0 Å². The molecule has 0 amide bonds. The molecule has 2 N–H and O–H groups in total. The van der Waals surface area contributed by atoms with Crippen LogP contribution in [-0.2, 0) is 9.84 Å². The summed E-state index contributed by atoms with van der Waals surface area (Å²) in [5.74, 6) is 0.273. The van der Waals surface area contributed by atoms with Crippen LogP contribution in [0.25, 0.3) is 0 Å². The van der Waals surface area contributed by atoms with E-state index in [9.17, 15) is 8.42 Å². The van der Waals surface area contributed by atoms with Crippen molar-refractivity contribution in [3.63, 3.8) is 0 Å². The zero-order chi connectivity index (χ0) is 11.3. The van der Waals surface area contributed by atoms with Gasteiger partial charge in [0.1, 0.15) is 0 Å². The second kappa shape index (κ2) is 3.55. The topological polar surface area (TPSA) is 63.4 Å². The van der Waals surface area contributed by atoms with Crippen molar-refractivity contribution in [3.8, 4) is 0 Å². The van der Waals surface area contributed by atoms with Crippen LogP contribution in [0.3, 0.4) is 0 Å².